The van der Waals surface area contributed by atoms with Crippen molar-refractivity contribution >= 4 is 28.4 Å². The number of aromatic amines is 1. The second-order valence-corrected chi connectivity index (χ2v) is 7.84. The number of nitrogens with zero attached hydrogens (tertiary/aromatic N) is 3. The fourth-order valence-corrected chi connectivity index (χ4v) is 4.21. The number of pyridine rings is 1. The second kappa shape index (κ2) is 7.46. The number of H-pyrrole nitrogens is 1. The third-order valence-electron chi connectivity index (χ3n) is 5.99. The topological polar surface area (TPSA) is 91.7 Å². The summed E-state index contributed by atoms with van der Waals surface area (Å²) in [5.74, 6) is 0.439. The molecule has 1 aromatic carbocycles. The number of amides is 2. The van der Waals surface area contributed by atoms with Gasteiger partial charge in [0, 0.05) is 35.9 Å². The molecular formula is C23H23N5O3. The Balaban J connectivity index is 1.30. The minimum atomic E-state index is -0.229. The summed E-state index contributed by atoms with van der Waals surface area (Å²) in [5.41, 5.74) is 2.50. The highest BCUT2D eigenvalue weighted by Crippen LogP contribution is 2.25. The molecule has 1 aliphatic heterocycles. The third-order valence-corrected chi connectivity index (χ3v) is 5.99. The Labute approximate surface area is 178 Å². The van der Waals surface area contributed by atoms with Gasteiger partial charge in [0.25, 0.3) is 11.8 Å². The van der Waals surface area contributed by atoms with E-state index in [4.69, 9.17) is 4.74 Å². The molecule has 4 heterocycles. The smallest absolute Gasteiger partial charge is 0.271 e. The van der Waals surface area contributed by atoms with Crippen LogP contribution in [0.3, 0.4) is 0 Å². The Morgan fingerprint density at radius 2 is 2.10 bits per heavy atom. The van der Waals surface area contributed by atoms with Crippen LogP contribution in [-0.4, -0.2) is 56.8 Å². The summed E-state index contributed by atoms with van der Waals surface area (Å²) >= 11 is 0. The van der Waals surface area contributed by atoms with Crippen LogP contribution in [0.15, 0.2) is 54.9 Å². The van der Waals surface area contributed by atoms with Gasteiger partial charge in [-0.15, -0.1) is 0 Å². The average molecular weight is 417 g/mol. The van der Waals surface area contributed by atoms with Crippen LogP contribution in [0, 0.1) is 0 Å². The van der Waals surface area contributed by atoms with Crippen LogP contribution in [-0.2, 0) is 0 Å². The number of rotatable bonds is 4. The summed E-state index contributed by atoms with van der Waals surface area (Å²) in [7, 11) is 1.62. The summed E-state index contributed by atoms with van der Waals surface area (Å²) in [5, 5.41) is 3.97. The Morgan fingerprint density at radius 1 is 1.23 bits per heavy atom. The maximum Gasteiger partial charge on any atom is 0.271 e. The maximum atomic E-state index is 13.1. The van der Waals surface area contributed by atoms with E-state index in [1.165, 1.54) is 0 Å². The zero-order valence-electron chi connectivity index (χ0n) is 17.3. The van der Waals surface area contributed by atoms with Crippen LogP contribution < -0.4 is 10.1 Å². The second-order valence-electron chi connectivity index (χ2n) is 7.84. The molecule has 3 aromatic heterocycles. The molecule has 0 spiro atoms. The van der Waals surface area contributed by atoms with Gasteiger partial charge in [0.2, 0.25) is 0 Å². The van der Waals surface area contributed by atoms with Crippen molar-refractivity contribution < 1.29 is 14.3 Å². The number of carbonyl (C=O) groups is 2. The van der Waals surface area contributed by atoms with E-state index in [0.717, 1.165) is 22.3 Å². The van der Waals surface area contributed by atoms with Gasteiger partial charge in [0.15, 0.2) is 0 Å². The van der Waals surface area contributed by atoms with Crippen LogP contribution in [0.5, 0.6) is 5.75 Å². The van der Waals surface area contributed by atoms with Gasteiger partial charge in [-0.25, -0.2) is 4.98 Å². The monoisotopic (exact) mass is 417 g/mol. The van der Waals surface area contributed by atoms with E-state index in [0.29, 0.717) is 24.4 Å². The van der Waals surface area contributed by atoms with Crippen LogP contribution in [0.2, 0.25) is 0 Å². The van der Waals surface area contributed by atoms with Crippen LogP contribution >= 0.6 is 0 Å². The Kier molecular flexibility index (Phi) is 4.62. The lowest BCUT2D eigenvalue weighted by molar-refractivity contribution is 0.0724. The number of nitrogens with one attached hydrogen (secondary N) is 2. The van der Waals surface area contributed by atoms with E-state index >= 15 is 0 Å². The summed E-state index contributed by atoms with van der Waals surface area (Å²) in [6.45, 7) is 2.54. The zero-order valence-corrected chi connectivity index (χ0v) is 17.3. The van der Waals surface area contributed by atoms with Crippen molar-refractivity contribution in [2.45, 2.75) is 25.4 Å². The summed E-state index contributed by atoms with van der Waals surface area (Å²) < 4.78 is 7.07. The van der Waals surface area contributed by atoms with E-state index < -0.39 is 0 Å². The fourth-order valence-electron chi connectivity index (χ4n) is 4.21. The molecule has 5 rings (SSSR count). The highest BCUT2D eigenvalue weighted by molar-refractivity contribution is 5.99. The van der Waals surface area contributed by atoms with Crippen molar-refractivity contribution in [1.82, 2.24) is 24.6 Å². The molecule has 31 heavy (non-hydrogen) atoms. The molecule has 4 aromatic rings. The molecule has 8 heteroatoms. The van der Waals surface area contributed by atoms with Gasteiger partial charge in [-0.2, -0.15) is 0 Å². The van der Waals surface area contributed by atoms with Gasteiger partial charge in [-0.05, 0) is 49.7 Å². The predicted molar refractivity (Wildman–Crippen MR) is 116 cm³/mol. The van der Waals surface area contributed by atoms with E-state index in [-0.39, 0.29) is 23.9 Å². The summed E-state index contributed by atoms with van der Waals surface area (Å²) in [6.07, 6.45) is 4.26. The lowest BCUT2D eigenvalue weighted by Gasteiger charge is -2.24. The number of hydrogen-bond donors (Lipinski definition) is 2. The number of carbonyl (C=O) groups excluding carboxylic acids is 2. The first kappa shape index (κ1) is 19.2. The molecule has 0 radical (unpaired) electrons. The van der Waals surface area contributed by atoms with Crippen molar-refractivity contribution in [3.63, 3.8) is 0 Å². The number of ether oxygens (including phenoxy) is 1. The minimum Gasteiger partial charge on any atom is -0.497 e. The molecule has 1 fully saturated rings. The largest absolute Gasteiger partial charge is 0.497 e. The number of benzene rings is 1. The van der Waals surface area contributed by atoms with Gasteiger partial charge < -0.3 is 24.3 Å². The first-order valence-electron chi connectivity index (χ1n) is 10.3. The normalized spacial score (nSPS) is 18.6. The van der Waals surface area contributed by atoms with Crippen molar-refractivity contribution in [1.29, 1.82) is 0 Å². The molecule has 2 N–H and O–H groups in total. The quantitative estimate of drug-likeness (QED) is 0.534. The molecular weight excluding hydrogens is 394 g/mol. The molecule has 158 valence electrons. The van der Waals surface area contributed by atoms with E-state index in [9.17, 15) is 9.59 Å². The van der Waals surface area contributed by atoms with E-state index in [2.05, 4.69) is 15.3 Å². The number of hydrogen-bond acceptors (Lipinski definition) is 4. The number of methoxy groups -OCH3 is 1. The molecule has 8 nitrogen and oxygen atoms in total. The molecule has 0 saturated carbocycles. The fraction of sp³-hybridized carbons (Fsp3) is 0.261. The van der Waals surface area contributed by atoms with Crippen LogP contribution in [0.25, 0.3) is 16.6 Å². The van der Waals surface area contributed by atoms with Crippen LogP contribution in [0.1, 0.15) is 34.3 Å². The molecule has 2 atom stereocenters. The number of aromatic nitrogens is 3. The lowest BCUT2D eigenvalue weighted by atomic mass is 10.1. The Bertz CT molecular complexity index is 1260. The maximum absolute atomic E-state index is 13.1. The van der Waals surface area contributed by atoms with Crippen molar-refractivity contribution in [3.8, 4) is 5.75 Å². The Morgan fingerprint density at radius 3 is 2.90 bits per heavy atom. The van der Waals surface area contributed by atoms with Gasteiger partial charge >= 0.3 is 0 Å². The highest BCUT2D eigenvalue weighted by Gasteiger charge is 2.36. The third kappa shape index (κ3) is 3.39. The summed E-state index contributed by atoms with van der Waals surface area (Å²) in [4.78, 5) is 35.2. The summed E-state index contributed by atoms with van der Waals surface area (Å²) in [6, 6.07) is 12.9. The number of imidazole rings is 1. The lowest BCUT2D eigenvalue weighted by Crippen LogP contribution is -2.45. The standard InChI is InChI=1S/C23H23N5O3/c1-14-17(26-22(29)20-13-27-9-4-3-5-21(27)25-20)8-10-28(14)23(30)19-12-15-11-16(31-2)6-7-18(15)24-19/h3-7,9,11-14,17,24H,8,10H2,1-2H3,(H,26,29)/t14-,17+/m1/s1. The zero-order chi connectivity index (χ0) is 21.5. The first-order chi connectivity index (χ1) is 15.0. The molecule has 0 aliphatic carbocycles. The predicted octanol–water partition coefficient (Wildman–Crippen LogP) is 2.86. The van der Waals surface area contributed by atoms with Gasteiger partial charge in [-0.1, -0.05) is 6.07 Å². The van der Waals surface area contributed by atoms with Gasteiger partial charge in [0.05, 0.1) is 13.2 Å². The van der Waals surface area contributed by atoms with Gasteiger partial charge in [-0.3, -0.25) is 9.59 Å². The first-order valence-corrected chi connectivity index (χ1v) is 10.3. The average Bonchev–Trinajstić information content (AvgIpc) is 3.49. The molecule has 1 aliphatic rings. The van der Waals surface area contributed by atoms with Crippen molar-refractivity contribution in [3.05, 3.63) is 66.2 Å². The minimum absolute atomic E-state index is 0.0767. The Hall–Kier alpha value is -3.81. The van der Waals surface area contributed by atoms with Gasteiger partial charge in [0.1, 0.15) is 22.8 Å². The van der Waals surface area contributed by atoms with Crippen molar-refractivity contribution in [2.24, 2.45) is 0 Å². The van der Waals surface area contributed by atoms with E-state index in [1.54, 1.807) is 18.2 Å². The van der Waals surface area contributed by atoms with E-state index in [1.807, 2.05) is 60.0 Å². The molecule has 0 bridgehead atoms. The molecule has 0 unspecified atom stereocenters. The van der Waals surface area contributed by atoms with Crippen LogP contribution in [0.4, 0.5) is 0 Å². The number of likely N-dealkylation sites (tertiary alicyclic amines) is 1. The molecule has 2 amide bonds. The molecule has 1 saturated heterocycles. The SMILES string of the molecule is COc1ccc2[nH]c(C(=O)N3CC[C@H](NC(=O)c4cn5ccccc5n4)[C@H]3C)cc2c1. The highest BCUT2D eigenvalue weighted by atomic mass is 16.5. The number of fused-ring (bicyclic) bond motifs is 2. The van der Waals surface area contributed by atoms with Crippen molar-refractivity contribution in [2.75, 3.05) is 13.7 Å².